The lowest BCUT2D eigenvalue weighted by atomic mass is 10.2. The second kappa shape index (κ2) is 7.17. The van der Waals surface area contributed by atoms with Gasteiger partial charge in [-0.1, -0.05) is 0 Å². The van der Waals surface area contributed by atoms with Crippen LogP contribution in [-0.4, -0.2) is 64.6 Å². The number of hydrogen-bond acceptors (Lipinski definition) is 4. The molecule has 0 amide bonds. The van der Waals surface area contributed by atoms with Gasteiger partial charge in [-0.25, -0.2) is 0 Å². The van der Waals surface area contributed by atoms with Gasteiger partial charge >= 0.3 is 0 Å². The normalized spacial score (nSPS) is 22.9. The third kappa shape index (κ3) is 4.91. The Bertz CT molecular complexity index is 138. The van der Waals surface area contributed by atoms with Crippen LogP contribution in [0, 0.1) is 0 Å². The first-order chi connectivity index (χ1) is 6.83. The summed E-state index contributed by atoms with van der Waals surface area (Å²) in [6.07, 6.45) is 1.50. The summed E-state index contributed by atoms with van der Waals surface area (Å²) in [6.45, 7) is 5.73. The number of likely N-dealkylation sites (N-methyl/N-ethyl adjacent to an activating group) is 1. The molecule has 1 unspecified atom stereocenters. The third-order valence-electron chi connectivity index (χ3n) is 2.51. The molecule has 4 heteroatoms. The summed E-state index contributed by atoms with van der Waals surface area (Å²) in [5, 5.41) is 3.33. The largest absolute Gasteiger partial charge is 0.383 e. The molecule has 1 N–H and O–H groups in total. The Morgan fingerprint density at radius 3 is 3.00 bits per heavy atom. The Labute approximate surface area is 86.6 Å². The van der Waals surface area contributed by atoms with Crippen molar-refractivity contribution in [3.8, 4) is 0 Å². The molecule has 0 aromatic heterocycles. The highest BCUT2D eigenvalue weighted by atomic mass is 16.5. The summed E-state index contributed by atoms with van der Waals surface area (Å²) in [5.74, 6) is 0. The van der Waals surface area contributed by atoms with Gasteiger partial charge < -0.3 is 19.7 Å². The molecular weight excluding hydrogens is 180 g/mol. The number of methoxy groups -OCH3 is 1. The lowest BCUT2D eigenvalue weighted by Crippen LogP contribution is -2.40. The van der Waals surface area contributed by atoms with Crippen LogP contribution in [0.2, 0.25) is 0 Å². The van der Waals surface area contributed by atoms with Crippen molar-refractivity contribution >= 4 is 0 Å². The summed E-state index contributed by atoms with van der Waals surface area (Å²) < 4.78 is 10.6. The quantitative estimate of drug-likeness (QED) is 0.654. The van der Waals surface area contributed by atoms with Crippen LogP contribution in [0.5, 0.6) is 0 Å². The number of rotatable bonds is 6. The molecule has 1 heterocycles. The van der Waals surface area contributed by atoms with Crippen molar-refractivity contribution in [2.45, 2.75) is 12.5 Å². The monoisotopic (exact) mass is 202 g/mol. The first-order valence-electron chi connectivity index (χ1n) is 5.32. The molecule has 14 heavy (non-hydrogen) atoms. The van der Waals surface area contributed by atoms with Gasteiger partial charge in [0.1, 0.15) is 0 Å². The smallest absolute Gasteiger partial charge is 0.0712 e. The number of nitrogens with one attached hydrogen (secondary N) is 1. The summed E-state index contributed by atoms with van der Waals surface area (Å²) in [4.78, 5) is 2.28. The van der Waals surface area contributed by atoms with Crippen molar-refractivity contribution in [1.82, 2.24) is 10.2 Å². The van der Waals surface area contributed by atoms with Crippen molar-refractivity contribution in [2.75, 3.05) is 53.6 Å². The molecule has 1 aliphatic rings. The Hall–Kier alpha value is -0.160. The van der Waals surface area contributed by atoms with E-state index in [-0.39, 0.29) is 0 Å². The van der Waals surface area contributed by atoms with Crippen molar-refractivity contribution in [3.05, 3.63) is 0 Å². The van der Waals surface area contributed by atoms with Crippen LogP contribution in [0.4, 0.5) is 0 Å². The summed E-state index contributed by atoms with van der Waals surface area (Å²) in [5.41, 5.74) is 0. The van der Waals surface area contributed by atoms with Crippen molar-refractivity contribution in [3.63, 3.8) is 0 Å². The van der Waals surface area contributed by atoms with Crippen LogP contribution in [0.1, 0.15) is 6.42 Å². The summed E-state index contributed by atoms with van der Waals surface area (Å²) in [6, 6.07) is 0. The molecule has 0 spiro atoms. The Morgan fingerprint density at radius 1 is 1.50 bits per heavy atom. The molecule has 1 saturated heterocycles. The first kappa shape index (κ1) is 11.9. The molecule has 1 aliphatic heterocycles. The van der Waals surface area contributed by atoms with Crippen LogP contribution >= 0.6 is 0 Å². The fraction of sp³-hybridized carbons (Fsp3) is 1.00. The van der Waals surface area contributed by atoms with Crippen molar-refractivity contribution in [1.29, 1.82) is 0 Å². The van der Waals surface area contributed by atoms with Gasteiger partial charge in [0, 0.05) is 33.3 Å². The number of ether oxygens (including phenoxy) is 2. The van der Waals surface area contributed by atoms with Crippen LogP contribution in [0.15, 0.2) is 0 Å². The first-order valence-corrected chi connectivity index (χ1v) is 5.32. The fourth-order valence-corrected chi connectivity index (χ4v) is 1.53. The van der Waals surface area contributed by atoms with E-state index in [9.17, 15) is 0 Å². The average molecular weight is 202 g/mol. The Kier molecular flexibility index (Phi) is 6.10. The van der Waals surface area contributed by atoms with Gasteiger partial charge in [-0.05, 0) is 13.5 Å². The Balaban J connectivity index is 2.00. The average Bonchev–Trinajstić information content (AvgIpc) is 2.25. The zero-order chi connectivity index (χ0) is 10.2. The minimum atomic E-state index is 0.397. The van der Waals surface area contributed by atoms with Gasteiger partial charge in [-0.3, -0.25) is 0 Å². The van der Waals surface area contributed by atoms with E-state index in [1.54, 1.807) is 7.11 Å². The summed E-state index contributed by atoms with van der Waals surface area (Å²) in [7, 11) is 3.86. The van der Waals surface area contributed by atoms with E-state index in [2.05, 4.69) is 17.3 Å². The van der Waals surface area contributed by atoms with E-state index >= 15 is 0 Å². The summed E-state index contributed by atoms with van der Waals surface area (Å²) >= 11 is 0. The molecule has 0 saturated carbocycles. The van der Waals surface area contributed by atoms with Gasteiger partial charge in [0.2, 0.25) is 0 Å². The van der Waals surface area contributed by atoms with E-state index < -0.39 is 0 Å². The number of morpholine rings is 1. The standard InChI is InChI=1S/C10H22N2O2/c1-12(6-8-13-2)5-3-10-9-11-4-7-14-10/h10-11H,3-9H2,1-2H3. The lowest BCUT2D eigenvalue weighted by Gasteiger charge is -2.25. The van der Waals surface area contributed by atoms with Gasteiger partial charge in [-0.15, -0.1) is 0 Å². The van der Waals surface area contributed by atoms with Gasteiger partial charge in [0.15, 0.2) is 0 Å². The minimum Gasteiger partial charge on any atom is -0.383 e. The second-order valence-corrected chi connectivity index (χ2v) is 3.78. The number of hydrogen-bond donors (Lipinski definition) is 1. The van der Waals surface area contributed by atoms with E-state index in [4.69, 9.17) is 9.47 Å². The molecule has 0 radical (unpaired) electrons. The maximum Gasteiger partial charge on any atom is 0.0712 e. The topological polar surface area (TPSA) is 33.7 Å². The lowest BCUT2D eigenvalue weighted by molar-refractivity contribution is 0.0176. The zero-order valence-corrected chi connectivity index (χ0v) is 9.29. The maximum atomic E-state index is 5.61. The second-order valence-electron chi connectivity index (χ2n) is 3.78. The van der Waals surface area contributed by atoms with Crippen molar-refractivity contribution < 1.29 is 9.47 Å². The molecule has 1 rings (SSSR count). The molecule has 0 aromatic rings. The van der Waals surface area contributed by atoms with E-state index in [0.29, 0.717) is 6.10 Å². The number of nitrogens with zero attached hydrogens (tertiary/aromatic N) is 1. The predicted molar refractivity (Wildman–Crippen MR) is 56.6 cm³/mol. The van der Waals surface area contributed by atoms with E-state index in [0.717, 1.165) is 45.8 Å². The molecule has 0 aromatic carbocycles. The highest BCUT2D eigenvalue weighted by Gasteiger charge is 2.13. The van der Waals surface area contributed by atoms with Gasteiger partial charge in [0.05, 0.1) is 19.3 Å². The van der Waals surface area contributed by atoms with Gasteiger partial charge in [-0.2, -0.15) is 0 Å². The van der Waals surface area contributed by atoms with Crippen LogP contribution in [0.3, 0.4) is 0 Å². The molecule has 1 atom stereocenters. The highest BCUT2D eigenvalue weighted by Crippen LogP contribution is 2.02. The fourth-order valence-electron chi connectivity index (χ4n) is 1.53. The van der Waals surface area contributed by atoms with E-state index in [1.165, 1.54) is 0 Å². The Morgan fingerprint density at radius 2 is 2.36 bits per heavy atom. The zero-order valence-electron chi connectivity index (χ0n) is 9.29. The predicted octanol–water partition coefficient (Wildman–Crippen LogP) is -0.0569. The molecule has 1 fully saturated rings. The van der Waals surface area contributed by atoms with Crippen LogP contribution in [0.25, 0.3) is 0 Å². The molecule has 84 valence electrons. The maximum absolute atomic E-state index is 5.61. The molecule has 4 nitrogen and oxygen atoms in total. The van der Waals surface area contributed by atoms with Crippen LogP contribution in [-0.2, 0) is 9.47 Å². The third-order valence-corrected chi connectivity index (χ3v) is 2.51. The minimum absolute atomic E-state index is 0.397. The molecule has 0 aliphatic carbocycles. The molecule has 0 bridgehead atoms. The van der Waals surface area contributed by atoms with Crippen molar-refractivity contribution in [2.24, 2.45) is 0 Å². The molecular formula is C10H22N2O2. The van der Waals surface area contributed by atoms with Crippen LogP contribution < -0.4 is 5.32 Å². The highest BCUT2D eigenvalue weighted by molar-refractivity contribution is 4.68. The van der Waals surface area contributed by atoms with Gasteiger partial charge in [0.25, 0.3) is 0 Å². The SMILES string of the molecule is COCCN(C)CCC1CNCCO1. The van der Waals surface area contributed by atoms with E-state index in [1.807, 2.05) is 0 Å².